The molecule has 2 N–H and O–H groups in total. The molecule has 0 aliphatic rings. The maximum atomic E-state index is 12.1. The zero-order valence-corrected chi connectivity index (χ0v) is 11.4. The highest BCUT2D eigenvalue weighted by atomic mass is 16.3. The number of hydrogen-bond donors (Lipinski definition) is 2. The van der Waals surface area contributed by atoms with Crippen molar-refractivity contribution in [3.63, 3.8) is 0 Å². The van der Waals surface area contributed by atoms with Crippen LogP contribution in [0, 0.1) is 25.7 Å². The first-order valence-electron chi connectivity index (χ1n) is 6.17. The normalized spacial score (nSPS) is 9.75. The molecule has 4 nitrogen and oxygen atoms in total. The van der Waals surface area contributed by atoms with Gasteiger partial charge in [-0.2, -0.15) is 0 Å². The number of aliphatic hydroxyl groups excluding tert-OH is 1. The van der Waals surface area contributed by atoms with Crippen LogP contribution in [0.5, 0.6) is 0 Å². The summed E-state index contributed by atoms with van der Waals surface area (Å²) in [5, 5.41) is 11.6. The Morgan fingerprint density at radius 2 is 2.15 bits per heavy atom. The van der Waals surface area contributed by atoms with E-state index in [0.717, 1.165) is 5.56 Å². The molecule has 0 saturated heterocycles. The largest absolute Gasteiger partial charge is 0.469 e. The van der Waals surface area contributed by atoms with Crippen molar-refractivity contribution in [3.05, 3.63) is 53.0 Å². The minimum absolute atomic E-state index is 0.220. The summed E-state index contributed by atoms with van der Waals surface area (Å²) in [4.78, 5) is 12.1. The van der Waals surface area contributed by atoms with Gasteiger partial charge in [0.1, 0.15) is 18.6 Å². The highest BCUT2D eigenvalue weighted by Crippen LogP contribution is 2.18. The quantitative estimate of drug-likeness (QED) is 0.823. The molecular formula is C16H15NO3. The Morgan fingerprint density at radius 1 is 1.35 bits per heavy atom. The van der Waals surface area contributed by atoms with Crippen LogP contribution >= 0.6 is 0 Å². The molecule has 0 unspecified atom stereocenters. The van der Waals surface area contributed by atoms with Gasteiger partial charge in [-0.1, -0.05) is 17.9 Å². The summed E-state index contributed by atoms with van der Waals surface area (Å²) < 4.78 is 5.12. The highest BCUT2D eigenvalue weighted by Gasteiger charge is 2.10. The minimum Gasteiger partial charge on any atom is -0.469 e. The van der Waals surface area contributed by atoms with Crippen LogP contribution in [-0.4, -0.2) is 17.6 Å². The molecule has 1 aromatic heterocycles. The third-order valence-electron chi connectivity index (χ3n) is 2.72. The third kappa shape index (κ3) is 3.28. The molecule has 1 amide bonds. The van der Waals surface area contributed by atoms with Gasteiger partial charge in [0.05, 0.1) is 11.3 Å². The molecule has 0 aliphatic carbocycles. The molecular weight excluding hydrogens is 254 g/mol. The summed E-state index contributed by atoms with van der Waals surface area (Å²) in [6, 6.07) is 7.21. The van der Waals surface area contributed by atoms with Gasteiger partial charge in [0.2, 0.25) is 0 Å². The van der Waals surface area contributed by atoms with Crippen LogP contribution in [0.4, 0.5) is 5.69 Å². The van der Waals surface area contributed by atoms with Gasteiger partial charge >= 0.3 is 0 Å². The molecule has 0 bridgehead atoms. The summed E-state index contributed by atoms with van der Waals surface area (Å²) in [6.07, 6.45) is 1.41. The smallest absolute Gasteiger partial charge is 0.258 e. The van der Waals surface area contributed by atoms with Gasteiger partial charge in [0.15, 0.2) is 0 Å². The standard InChI is InChI=1S/C16H15NO3/c1-11-5-6-15(13(8-11)4-3-7-18)17-16(19)14-9-12(2)20-10-14/h5-6,8-10,18H,7H2,1-2H3,(H,17,19). The zero-order valence-electron chi connectivity index (χ0n) is 11.4. The summed E-state index contributed by atoms with van der Waals surface area (Å²) in [7, 11) is 0. The van der Waals surface area contributed by atoms with Crippen molar-refractivity contribution in [3.8, 4) is 11.8 Å². The van der Waals surface area contributed by atoms with E-state index in [0.29, 0.717) is 22.6 Å². The number of carbonyl (C=O) groups is 1. The monoisotopic (exact) mass is 269 g/mol. The number of carbonyl (C=O) groups excluding carboxylic acids is 1. The van der Waals surface area contributed by atoms with Crippen molar-refractivity contribution in [2.75, 3.05) is 11.9 Å². The fourth-order valence-corrected chi connectivity index (χ4v) is 1.76. The van der Waals surface area contributed by atoms with Crippen molar-refractivity contribution in [2.45, 2.75) is 13.8 Å². The number of aryl methyl sites for hydroxylation is 2. The summed E-state index contributed by atoms with van der Waals surface area (Å²) in [5.74, 6) is 5.84. The van der Waals surface area contributed by atoms with E-state index in [-0.39, 0.29) is 12.5 Å². The predicted octanol–water partition coefficient (Wildman–Crippen LogP) is 2.49. The number of furan rings is 1. The Labute approximate surface area is 117 Å². The maximum Gasteiger partial charge on any atom is 0.258 e. The molecule has 2 aromatic rings. The van der Waals surface area contributed by atoms with E-state index in [1.165, 1.54) is 6.26 Å². The summed E-state index contributed by atoms with van der Waals surface area (Å²) in [6.45, 7) is 3.50. The summed E-state index contributed by atoms with van der Waals surface area (Å²) >= 11 is 0. The van der Waals surface area contributed by atoms with Crippen LogP contribution in [-0.2, 0) is 0 Å². The number of nitrogens with one attached hydrogen (secondary N) is 1. The molecule has 0 fully saturated rings. The van der Waals surface area contributed by atoms with Gasteiger partial charge < -0.3 is 14.8 Å². The van der Waals surface area contributed by atoms with Gasteiger partial charge in [0.25, 0.3) is 5.91 Å². The SMILES string of the molecule is Cc1ccc(NC(=O)c2coc(C)c2)c(C#CCO)c1. The Kier molecular flexibility index (Phi) is 4.24. The van der Waals surface area contributed by atoms with Crippen molar-refractivity contribution in [2.24, 2.45) is 0 Å². The number of rotatable bonds is 2. The second kappa shape index (κ2) is 6.09. The topological polar surface area (TPSA) is 62.5 Å². The lowest BCUT2D eigenvalue weighted by atomic mass is 10.1. The Bertz CT molecular complexity index is 689. The molecule has 20 heavy (non-hydrogen) atoms. The van der Waals surface area contributed by atoms with E-state index >= 15 is 0 Å². The van der Waals surface area contributed by atoms with Gasteiger partial charge in [-0.25, -0.2) is 0 Å². The van der Waals surface area contributed by atoms with Crippen molar-refractivity contribution >= 4 is 11.6 Å². The average molecular weight is 269 g/mol. The number of aliphatic hydroxyl groups is 1. The van der Waals surface area contributed by atoms with E-state index in [4.69, 9.17) is 9.52 Å². The molecule has 0 spiro atoms. The lowest BCUT2D eigenvalue weighted by Crippen LogP contribution is -2.12. The highest BCUT2D eigenvalue weighted by molar-refractivity contribution is 6.04. The van der Waals surface area contributed by atoms with Gasteiger partial charge in [0, 0.05) is 5.56 Å². The zero-order chi connectivity index (χ0) is 14.5. The van der Waals surface area contributed by atoms with E-state index in [1.807, 2.05) is 19.1 Å². The molecule has 0 radical (unpaired) electrons. The lowest BCUT2D eigenvalue weighted by Gasteiger charge is -2.07. The Balaban J connectivity index is 2.26. The van der Waals surface area contributed by atoms with E-state index < -0.39 is 0 Å². The molecule has 0 atom stereocenters. The molecule has 2 rings (SSSR count). The fourth-order valence-electron chi connectivity index (χ4n) is 1.76. The van der Waals surface area contributed by atoms with Crippen LogP contribution in [0.3, 0.4) is 0 Å². The second-order valence-electron chi connectivity index (χ2n) is 4.41. The molecule has 0 saturated carbocycles. The van der Waals surface area contributed by atoms with Crippen molar-refractivity contribution in [1.82, 2.24) is 0 Å². The van der Waals surface area contributed by atoms with E-state index in [2.05, 4.69) is 17.2 Å². The van der Waals surface area contributed by atoms with E-state index in [9.17, 15) is 4.79 Å². The molecule has 0 aliphatic heterocycles. The lowest BCUT2D eigenvalue weighted by molar-refractivity contribution is 0.102. The third-order valence-corrected chi connectivity index (χ3v) is 2.72. The van der Waals surface area contributed by atoms with Crippen LogP contribution in [0.2, 0.25) is 0 Å². The first-order chi connectivity index (χ1) is 9.60. The van der Waals surface area contributed by atoms with Crippen LogP contribution in [0.15, 0.2) is 34.9 Å². The Morgan fingerprint density at radius 3 is 2.80 bits per heavy atom. The number of benzene rings is 1. The number of amides is 1. The molecule has 1 heterocycles. The minimum atomic E-state index is -0.252. The second-order valence-corrected chi connectivity index (χ2v) is 4.41. The van der Waals surface area contributed by atoms with Gasteiger partial charge in [-0.3, -0.25) is 4.79 Å². The first kappa shape index (κ1) is 13.9. The molecule has 4 heteroatoms. The molecule has 1 aromatic carbocycles. The van der Waals surface area contributed by atoms with Crippen molar-refractivity contribution in [1.29, 1.82) is 0 Å². The number of anilines is 1. The van der Waals surface area contributed by atoms with Crippen molar-refractivity contribution < 1.29 is 14.3 Å². The van der Waals surface area contributed by atoms with Crippen LogP contribution in [0.25, 0.3) is 0 Å². The van der Waals surface area contributed by atoms with Gasteiger partial charge in [-0.05, 0) is 37.6 Å². The number of hydrogen-bond acceptors (Lipinski definition) is 3. The maximum absolute atomic E-state index is 12.1. The van der Waals surface area contributed by atoms with E-state index in [1.54, 1.807) is 19.1 Å². The predicted molar refractivity (Wildman–Crippen MR) is 76.5 cm³/mol. The average Bonchev–Trinajstić information content (AvgIpc) is 2.85. The van der Waals surface area contributed by atoms with Crippen LogP contribution in [0.1, 0.15) is 27.2 Å². The Hall–Kier alpha value is -2.51. The van der Waals surface area contributed by atoms with Crippen LogP contribution < -0.4 is 5.32 Å². The fraction of sp³-hybridized carbons (Fsp3) is 0.188. The van der Waals surface area contributed by atoms with Gasteiger partial charge in [-0.15, -0.1) is 0 Å². The first-order valence-corrected chi connectivity index (χ1v) is 6.17. The molecule has 102 valence electrons. The summed E-state index contributed by atoms with van der Waals surface area (Å²) in [5.41, 5.74) is 2.78.